The molecule has 1 fully saturated rings. The summed E-state index contributed by atoms with van der Waals surface area (Å²) in [6, 6.07) is 0. The van der Waals surface area contributed by atoms with Gasteiger partial charge in [-0.2, -0.15) is 0 Å². The van der Waals surface area contributed by atoms with E-state index in [1.54, 1.807) is 0 Å². The lowest BCUT2D eigenvalue weighted by Gasteiger charge is -2.25. The van der Waals surface area contributed by atoms with Crippen molar-refractivity contribution in [3.05, 3.63) is 0 Å². The van der Waals surface area contributed by atoms with Gasteiger partial charge in [-0.15, -0.1) is 11.6 Å². The van der Waals surface area contributed by atoms with E-state index in [0.29, 0.717) is 5.38 Å². The van der Waals surface area contributed by atoms with Gasteiger partial charge in [-0.05, 0) is 44.7 Å². The molecule has 0 heterocycles. The van der Waals surface area contributed by atoms with Gasteiger partial charge in [0, 0.05) is 5.38 Å². The van der Waals surface area contributed by atoms with Crippen molar-refractivity contribution in [2.75, 3.05) is 13.1 Å². The summed E-state index contributed by atoms with van der Waals surface area (Å²) in [5.41, 5.74) is 0. The monoisotopic (exact) mass is 273 g/mol. The van der Waals surface area contributed by atoms with E-state index in [1.165, 1.54) is 83.7 Å². The average molecular weight is 274 g/mol. The molecule has 1 N–H and O–H groups in total. The van der Waals surface area contributed by atoms with Gasteiger partial charge in [0.1, 0.15) is 0 Å². The van der Waals surface area contributed by atoms with Crippen LogP contribution in [-0.2, 0) is 0 Å². The summed E-state index contributed by atoms with van der Waals surface area (Å²) in [5, 5.41) is 4.07. The predicted octanol–water partition coefficient (Wildman–Crippen LogP) is 5.12. The van der Waals surface area contributed by atoms with Gasteiger partial charge in [-0.25, -0.2) is 0 Å². The van der Waals surface area contributed by atoms with Crippen molar-refractivity contribution < 1.29 is 0 Å². The lowest BCUT2D eigenvalue weighted by Crippen LogP contribution is -2.28. The number of rotatable bonds is 10. The van der Waals surface area contributed by atoms with E-state index >= 15 is 0 Å². The number of alkyl halides is 1. The Hall–Kier alpha value is 0.250. The van der Waals surface area contributed by atoms with Crippen molar-refractivity contribution in [3.63, 3.8) is 0 Å². The average Bonchev–Trinajstić information content (AvgIpc) is 2.37. The Morgan fingerprint density at radius 1 is 1.00 bits per heavy atom. The lowest BCUT2D eigenvalue weighted by molar-refractivity contribution is 0.345. The molecule has 1 aliphatic rings. The van der Waals surface area contributed by atoms with Crippen molar-refractivity contribution in [2.24, 2.45) is 5.92 Å². The van der Waals surface area contributed by atoms with E-state index in [1.807, 2.05) is 0 Å². The fourth-order valence-electron chi connectivity index (χ4n) is 2.92. The second-order valence-electron chi connectivity index (χ2n) is 5.96. The van der Waals surface area contributed by atoms with Crippen LogP contribution in [0.5, 0.6) is 0 Å². The van der Waals surface area contributed by atoms with Crippen molar-refractivity contribution >= 4 is 11.6 Å². The minimum atomic E-state index is 0.448. The van der Waals surface area contributed by atoms with Gasteiger partial charge in [0.15, 0.2) is 0 Å². The molecule has 0 radical (unpaired) electrons. The van der Waals surface area contributed by atoms with Crippen LogP contribution >= 0.6 is 11.6 Å². The van der Waals surface area contributed by atoms with Crippen LogP contribution in [0.2, 0.25) is 0 Å². The Morgan fingerprint density at radius 2 is 1.72 bits per heavy atom. The fraction of sp³-hybridized carbons (Fsp3) is 1.00. The number of unbranched alkanes of at least 4 members (excludes halogenated alkanes) is 6. The molecule has 0 aliphatic heterocycles. The molecule has 108 valence electrons. The molecule has 2 heteroatoms. The molecule has 0 aromatic carbocycles. The minimum Gasteiger partial charge on any atom is -0.316 e. The Morgan fingerprint density at radius 3 is 2.44 bits per heavy atom. The molecule has 18 heavy (non-hydrogen) atoms. The molecule has 0 saturated heterocycles. The zero-order valence-corrected chi connectivity index (χ0v) is 13.0. The van der Waals surface area contributed by atoms with Crippen LogP contribution in [0, 0.1) is 5.92 Å². The molecule has 0 amide bonds. The second-order valence-corrected chi connectivity index (χ2v) is 6.57. The maximum atomic E-state index is 6.21. The molecule has 1 rings (SSSR count). The molecule has 0 bridgehead atoms. The van der Waals surface area contributed by atoms with E-state index in [2.05, 4.69) is 12.2 Å². The van der Waals surface area contributed by atoms with E-state index in [-0.39, 0.29) is 0 Å². The molecule has 0 aromatic rings. The van der Waals surface area contributed by atoms with Gasteiger partial charge >= 0.3 is 0 Å². The molecule has 0 aromatic heterocycles. The van der Waals surface area contributed by atoms with Gasteiger partial charge < -0.3 is 5.32 Å². The Kier molecular flexibility index (Phi) is 10.1. The van der Waals surface area contributed by atoms with Gasteiger partial charge in [0.25, 0.3) is 0 Å². The van der Waals surface area contributed by atoms with Crippen LogP contribution in [0.15, 0.2) is 0 Å². The fourth-order valence-corrected chi connectivity index (χ4v) is 3.33. The normalized spacial score (nSPS) is 24.3. The smallest absolute Gasteiger partial charge is 0.0339 e. The summed E-state index contributed by atoms with van der Waals surface area (Å²) in [5.74, 6) is 0.839. The topological polar surface area (TPSA) is 12.0 Å². The SMILES string of the molecule is CCCCCCCCCNCC1CCCC(Cl)C1. The van der Waals surface area contributed by atoms with Crippen molar-refractivity contribution in [2.45, 2.75) is 82.9 Å². The van der Waals surface area contributed by atoms with Crippen LogP contribution in [0.4, 0.5) is 0 Å². The summed E-state index contributed by atoms with van der Waals surface area (Å²) < 4.78 is 0. The number of hydrogen-bond acceptors (Lipinski definition) is 1. The third-order valence-corrected chi connectivity index (χ3v) is 4.51. The van der Waals surface area contributed by atoms with E-state index in [4.69, 9.17) is 11.6 Å². The Balaban J connectivity index is 1.80. The van der Waals surface area contributed by atoms with Crippen LogP contribution in [0.25, 0.3) is 0 Å². The Bertz CT molecular complexity index is 184. The van der Waals surface area contributed by atoms with E-state index in [9.17, 15) is 0 Å². The number of halogens is 1. The first-order valence-corrected chi connectivity index (χ1v) is 8.61. The van der Waals surface area contributed by atoms with Crippen LogP contribution < -0.4 is 5.32 Å². The third-order valence-electron chi connectivity index (χ3n) is 4.11. The quantitative estimate of drug-likeness (QED) is 0.430. The maximum Gasteiger partial charge on any atom is 0.0339 e. The molecule has 0 spiro atoms. The van der Waals surface area contributed by atoms with Crippen molar-refractivity contribution in [1.29, 1.82) is 0 Å². The highest BCUT2D eigenvalue weighted by atomic mass is 35.5. The van der Waals surface area contributed by atoms with Gasteiger partial charge in [0.2, 0.25) is 0 Å². The first-order valence-electron chi connectivity index (χ1n) is 8.17. The third kappa shape index (κ3) is 8.37. The van der Waals surface area contributed by atoms with Crippen LogP contribution in [0.1, 0.15) is 77.6 Å². The second kappa shape index (κ2) is 11.1. The molecule has 1 nitrogen and oxygen atoms in total. The molecule has 1 saturated carbocycles. The summed E-state index contributed by atoms with van der Waals surface area (Å²) in [6.07, 6.45) is 15.0. The van der Waals surface area contributed by atoms with Gasteiger partial charge in [-0.1, -0.05) is 51.9 Å². The van der Waals surface area contributed by atoms with Gasteiger partial charge in [-0.3, -0.25) is 0 Å². The van der Waals surface area contributed by atoms with Gasteiger partial charge in [0.05, 0.1) is 0 Å². The summed E-state index contributed by atoms with van der Waals surface area (Å²) in [4.78, 5) is 0. The van der Waals surface area contributed by atoms with Crippen molar-refractivity contribution in [3.8, 4) is 0 Å². The zero-order valence-electron chi connectivity index (χ0n) is 12.2. The predicted molar refractivity (Wildman–Crippen MR) is 82.5 cm³/mol. The molecule has 2 atom stereocenters. The Labute approximate surface area is 119 Å². The molecular formula is C16H32ClN. The van der Waals surface area contributed by atoms with E-state index in [0.717, 1.165) is 5.92 Å². The first kappa shape index (κ1) is 16.3. The van der Waals surface area contributed by atoms with Crippen LogP contribution in [0.3, 0.4) is 0 Å². The van der Waals surface area contributed by atoms with E-state index < -0.39 is 0 Å². The largest absolute Gasteiger partial charge is 0.316 e. The standard InChI is InChI=1S/C16H32ClN/c1-2-3-4-5-6-7-8-12-18-14-15-10-9-11-16(17)13-15/h15-16,18H,2-14H2,1H3. The minimum absolute atomic E-state index is 0.448. The summed E-state index contributed by atoms with van der Waals surface area (Å²) >= 11 is 6.21. The maximum absolute atomic E-state index is 6.21. The highest BCUT2D eigenvalue weighted by molar-refractivity contribution is 6.20. The first-order chi connectivity index (χ1) is 8.83. The molecule has 2 unspecified atom stereocenters. The zero-order chi connectivity index (χ0) is 13.1. The number of nitrogens with one attached hydrogen (secondary N) is 1. The summed E-state index contributed by atoms with van der Waals surface area (Å²) in [7, 11) is 0. The molecule has 1 aliphatic carbocycles. The highest BCUT2D eigenvalue weighted by Crippen LogP contribution is 2.27. The highest BCUT2D eigenvalue weighted by Gasteiger charge is 2.19. The van der Waals surface area contributed by atoms with Crippen LogP contribution in [-0.4, -0.2) is 18.5 Å². The number of hydrogen-bond donors (Lipinski definition) is 1. The summed E-state index contributed by atoms with van der Waals surface area (Å²) in [6.45, 7) is 4.68. The van der Waals surface area contributed by atoms with Crippen molar-refractivity contribution in [1.82, 2.24) is 5.32 Å². The lowest BCUT2D eigenvalue weighted by atomic mass is 9.89. The molecular weight excluding hydrogens is 242 g/mol.